The fourth-order valence-corrected chi connectivity index (χ4v) is 9.33. The number of amides is 3. The number of carbonyl (C=O) groups is 7. The molecule has 4 aromatic rings. The number of nitrogens with zero attached hydrogens (tertiary/aromatic N) is 4. The van der Waals surface area contributed by atoms with Gasteiger partial charge in [0, 0.05) is 35.8 Å². The van der Waals surface area contributed by atoms with E-state index < -0.39 is 101 Å². The number of hydroxylamine groups is 2. The van der Waals surface area contributed by atoms with Gasteiger partial charge in [-0.05, 0) is 60.6 Å². The first kappa shape index (κ1) is 48.0. The molecule has 19 nitrogen and oxygen atoms in total. The number of rotatable bonds is 12. The molecule has 1 unspecified atom stereocenters. The molecule has 0 saturated carbocycles. The minimum atomic E-state index is -2.66. The van der Waals surface area contributed by atoms with Gasteiger partial charge in [0.25, 0.3) is 17.7 Å². The maximum atomic E-state index is 14.5. The average Bonchev–Trinajstić information content (AvgIpc) is 4.13. The monoisotopic (exact) mass is 978 g/mol. The highest BCUT2D eigenvalue weighted by atomic mass is 32.1. The molecule has 3 saturated heterocycles. The fraction of sp³-hybridized carbons (Fsp3) is 0.420. The minimum Gasteiger partial charge on any atom is -0.457 e. The summed E-state index contributed by atoms with van der Waals surface area (Å²) in [7, 11) is 0. The zero-order chi connectivity index (χ0) is 50.0. The van der Waals surface area contributed by atoms with Crippen molar-refractivity contribution in [3.8, 4) is 11.5 Å². The summed E-state index contributed by atoms with van der Waals surface area (Å²) in [6.45, 7) is 11.3. The van der Waals surface area contributed by atoms with Crippen LogP contribution < -0.4 is 9.47 Å². The van der Waals surface area contributed by atoms with E-state index in [1.165, 1.54) is 23.5 Å². The first-order chi connectivity index (χ1) is 33.1. The molecule has 3 fully saturated rings. The second-order valence-electron chi connectivity index (χ2n) is 19.4. The van der Waals surface area contributed by atoms with Crippen LogP contribution in [0.4, 0.5) is 0 Å². The van der Waals surface area contributed by atoms with E-state index in [-0.39, 0.29) is 60.1 Å². The van der Waals surface area contributed by atoms with Crippen molar-refractivity contribution >= 4 is 58.5 Å². The summed E-state index contributed by atoms with van der Waals surface area (Å²) >= 11 is 1.23. The maximum Gasteiger partial charge on any atom is 0.375 e. The Morgan fingerprint density at radius 2 is 1.36 bits per heavy atom. The Balaban J connectivity index is 0.974. The molecule has 3 aromatic carbocycles. The zero-order valence-electron chi connectivity index (χ0n) is 39.4. The maximum absolute atomic E-state index is 14.5. The van der Waals surface area contributed by atoms with Crippen LogP contribution in [-0.4, -0.2) is 110 Å². The molecule has 70 heavy (non-hydrogen) atoms. The standard InChI is InChI=1S/C50H50N4O15S/c1-28-51-34(27-70-28)39(52-69-48(18-20-62-21-19-48)44(60)67-46(2,3)4)36(55)22-29-26-63-54(40(29)56)49(45(61)68-47(5,6)7)25-35(43(59)66-49)53-41(57)32-23-37-38(24-33(32)42(53)58)65-50(64-37,30-14-10-8-11-15-30)31-16-12-9-13-17-31/h8-17,23-24,27,29,35H,18-22,25-26H2,1-7H3/b52-39-/t29-,35-,49?/m0/s1. The van der Waals surface area contributed by atoms with Crippen molar-refractivity contribution in [3.63, 3.8) is 0 Å². The predicted octanol–water partition coefficient (Wildman–Crippen LogP) is 5.73. The Morgan fingerprint density at radius 1 is 0.800 bits per heavy atom. The quantitative estimate of drug-likeness (QED) is 0.0543. The lowest BCUT2D eigenvalue weighted by molar-refractivity contribution is -0.263. The number of carbonyl (C=O) groups excluding carboxylic acids is 7. The lowest BCUT2D eigenvalue weighted by atomic mass is 9.94. The van der Waals surface area contributed by atoms with Crippen molar-refractivity contribution < 1.29 is 71.7 Å². The number of hydrogen-bond acceptors (Lipinski definition) is 18. The van der Waals surface area contributed by atoms with Gasteiger partial charge in [-0.15, -0.1) is 11.3 Å². The van der Waals surface area contributed by atoms with E-state index in [0.717, 1.165) is 0 Å². The molecule has 3 atom stereocenters. The van der Waals surface area contributed by atoms with Crippen molar-refractivity contribution in [2.24, 2.45) is 11.1 Å². The van der Waals surface area contributed by atoms with Gasteiger partial charge in [0.15, 0.2) is 23.0 Å². The average molecular weight is 979 g/mol. The van der Waals surface area contributed by atoms with Crippen LogP contribution in [0.25, 0.3) is 0 Å². The van der Waals surface area contributed by atoms with Crippen LogP contribution in [0.1, 0.15) is 110 Å². The van der Waals surface area contributed by atoms with Gasteiger partial charge in [0.2, 0.25) is 5.60 Å². The van der Waals surface area contributed by atoms with E-state index in [4.69, 9.17) is 38.1 Å². The number of aryl methyl sites for hydroxylation is 1. The summed E-state index contributed by atoms with van der Waals surface area (Å²) in [4.78, 5) is 116. The van der Waals surface area contributed by atoms with Crippen LogP contribution in [0.15, 0.2) is 83.3 Å². The highest BCUT2D eigenvalue weighted by molar-refractivity contribution is 7.09. The summed E-state index contributed by atoms with van der Waals surface area (Å²) in [5, 5.41) is 6.91. The van der Waals surface area contributed by atoms with E-state index in [0.29, 0.717) is 26.1 Å². The first-order valence-electron chi connectivity index (χ1n) is 22.6. The normalized spacial score (nSPS) is 22.8. The molecule has 1 aromatic heterocycles. The van der Waals surface area contributed by atoms with Crippen LogP contribution >= 0.6 is 11.3 Å². The molecule has 0 radical (unpaired) electrons. The number of thiazole rings is 1. The van der Waals surface area contributed by atoms with E-state index in [1.54, 1.807) is 53.8 Å². The van der Waals surface area contributed by atoms with Gasteiger partial charge in [-0.2, -0.15) is 5.06 Å². The largest absolute Gasteiger partial charge is 0.457 e. The van der Waals surface area contributed by atoms with Crippen molar-refractivity contribution in [2.45, 2.75) is 109 Å². The molecule has 9 rings (SSSR count). The Labute approximate surface area is 405 Å². The number of ketones is 1. The highest BCUT2D eigenvalue weighted by Gasteiger charge is 2.66. The molecule has 0 spiro atoms. The second-order valence-corrected chi connectivity index (χ2v) is 20.5. The number of Topliss-reactive ketones (excluding diaryl/α,β-unsaturated/α-hetero) is 1. The molecular weight excluding hydrogens is 929 g/mol. The van der Waals surface area contributed by atoms with Crippen molar-refractivity contribution in [2.75, 3.05) is 19.8 Å². The van der Waals surface area contributed by atoms with Crippen LogP contribution in [0, 0.1) is 12.8 Å². The summed E-state index contributed by atoms with van der Waals surface area (Å²) in [5.74, 6) is -9.07. The fourth-order valence-electron chi connectivity index (χ4n) is 8.73. The number of fused-ring (bicyclic) bond motifs is 2. The van der Waals surface area contributed by atoms with Gasteiger partial charge < -0.3 is 33.3 Å². The third kappa shape index (κ3) is 8.68. The van der Waals surface area contributed by atoms with E-state index in [2.05, 4.69) is 10.1 Å². The minimum absolute atomic E-state index is 0.0785. The van der Waals surface area contributed by atoms with Gasteiger partial charge in [-0.1, -0.05) is 65.8 Å². The van der Waals surface area contributed by atoms with E-state index in [9.17, 15) is 33.6 Å². The van der Waals surface area contributed by atoms with Crippen LogP contribution in [0.2, 0.25) is 0 Å². The van der Waals surface area contributed by atoms with Crippen molar-refractivity contribution in [3.05, 3.63) is 111 Å². The Hall–Kier alpha value is -7.03. The number of aromatic nitrogens is 1. The smallest absolute Gasteiger partial charge is 0.375 e. The predicted molar refractivity (Wildman–Crippen MR) is 244 cm³/mol. The number of imide groups is 1. The Kier molecular flexibility index (Phi) is 12.2. The third-order valence-electron chi connectivity index (χ3n) is 12.1. The topological polar surface area (TPSA) is 225 Å². The number of cyclic esters (lactones) is 1. The summed E-state index contributed by atoms with van der Waals surface area (Å²) in [6.07, 6.45) is -1.20. The van der Waals surface area contributed by atoms with Crippen LogP contribution in [0.5, 0.6) is 11.5 Å². The molecular formula is C50H50N4O15S. The highest BCUT2D eigenvalue weighted by Crippen LogP contribution is 2.50. The lowest BCUT2D eigenvalue weighted by Crippen LogP contribution is -2.57. The molecule has 366 valence electrons. The van der Waals surface area contributed by atoms with E-state index >= 15 is 0 Å². The van der Waals surface area contributed by atoms with Crippen molar-refractivity contribution in [1.82, 2.24) is 14.9 Å². The molecule has 0 aliphatic carbocycles. The molecule has 5 aliphatic rings. The number of hydrogen-bond donors (Lipinski definition) is 0. The first-order valence-corrected chi connectivity index (χ1v) is 23.5. The zero-order valence-corrected chi connectivity index (χ0v) is 40.2. The number of oxime groups is 1. The SMILES string of the molecule is Cc1nc(/C(=N/OC2(C(=O)OC(C)(C)C)CCOCC2)C(=O)C[C@H]2CON(C3(C(=O)OC(C)(C)C)C[C@H](N4C(=O)c5cc6c(cc5C4=O)OC(c4ccccc4)(c4ccccc4)O6)C(=O)O3)C2=O)cs1. The summed E-state index contributed by atoms with van der Waals surface area (Å²) in [6, 6.07) is 19.3. The molecule has 3 amide bonds. The molecule has 6 heterocycles. The van der Waals surface area contributed by atoms with Gasteiger partial charge in [-0.3, -0.25) is 28.9 Å². The summed E-state index contributed by atoms with van der Waals surface area (Å²) < 4.78 is 35.7. The van der Waals surface area contributed by atoms with Gasteiger partial charge >= 0.3 is 29.4 Å². The molecule has 5 aliphatic heterocycles. The van der Waals surface area contributed by atoms with Gasteiger partial charge in [0.1, 0.15) is 22.9 Å². The van der Waals surface area contributed by atoms with Crippen LogP contribution in [0.3, 0.4) is 0 Å². The van der Waals surface area contributed by atoms with Crippen molar-refractivity contribution in [1.29, 1.82) is 0 Å². The summed E-state index contributed by atoms with van der Waals surface area (Å²) in [5.41, 5.74) is -5.42. The third-order valence-corrected chi connectivity index (χ3v) is 12.8. The lowest BCUT2D eigenvalue weighted by Gasteiger charge is -2.35. The molecule has 20 heteroatoms. The molecule has 0 N–H and O–H groups in total. The Bertz CT molecular complexity index is 2740. The number of benzene rings is 3. The van der Waals surface area contributed by atoms with Crippen LogP contribution in [-0.2, 0) is 58.4 Å². The Morgan fingerprint density at radius 3 is 1.89 bits per heavy atom. The van der Waals surface area contributed by atoms with Gasteiger partial charge in [-0.25, -0.2) is 19.4 Å². The second kappa shape index (κ2) is 17.7. The molecule has 0 bridgehead atoms. The number of esters is 3. The van der Waals surface area contributed by atoms with Gasteiger partial charge in [0.05, 0.1) is 48.3 Å². The van der Waals surface area contributed by atoms with E-state index in [1.807, 2.05) is 60.7 Å². The number of ether oxygens (including phenoxy) is 6.